The molecule has 8 rings (SSSR count). The molecule has 0 aliphatic heterocycles. The van der Waals surface area contributed by atoms with E-state index in [0.717, 1.165) is 38.0 Å². The van der Waals surface area contributed by atoms with Crippen LogP contribution in [0.5, 0.6) is 0 Å². The van der Waals surface area contributed by atoms with Gasteiger partial charge in [-0.05, 0) is 0 Å². The SMILES string of the molecule is CC(C#N)CCc1cccc(CP(Cl)(c2ccccc2)(c2ccccc2)c2ccccc2)c1.CCC(C#N)Cc1ccc(CP(Cl)(c2ccccc2)(c2ccccc2)c2ccccc2)cc1. The third kappa shape index (κ3) is 10.1. The Bertz CT molecular complexity index is 2650. The molecule has 0 bridgehead atoms. The predicted molar refractivity (Wildman–Crippen MR) is 288 cm³/mol. The topological polar surface area (TPSA) is 47.6 Å². The van der Waals surface area contributed by atoms with Gasteiger partial charge in [0.05, 0.1) is 0 Å². The molecule has 0 aliphatic rings. The second kappa shape index (κ2) is 21.7. The summed E-state index contributed by atoms with van der Waals surface area (Å²) in [5, 5.41) is 25.5. The van der Waals surface area contributed by atoms with Gasteiger partial charge in [-0.2, -0.15) is 0 Å². The first-order valence-corrected chi connectivity index (χ1v) is 29.5. The molecule has 66 heavy (non-hydrogen) atoms. The van der Waals surface area contributed by atoms with Crippen LogP contribution in [0.2, 0.25) is 0 Å². The van der Waals surface area contributed by atoms with E-state index in [9.17, 15) is 10.5 Å². The van der Waals surface area contributed by atoms with E-state index < -0.39 is 11.9 Å². The first-order chi connectivity index (χ1) is 32.1. The van der Waals surface area contributed by atoms with Crippen molar-refractivity contribution < 1.29 is 0 Å². The summed E-state index contributed by atoms with van der Waals surface area (Å²) >= 11 is 16.4. The molecule has 6 heteroatoms. The van der Waals surface area contributed by atoms with Crippen LogP contribution >= 0.6 is 34.4 Å². The van der Waals surface area contributed by atoms with Gasteiger partial charge in [0.25, 0.3) is 0 Å². The van der Waals surface area contributed by atoms with Crippen LogP contribution in [0.15, 0.2) is 231 Å². The van der Waals surface area contributed by atoms with Crippen molar-refractivity contribution in [2.75, 3.05) is 0 Å². The molecule has 0 spiro atoms. The Morgan fingerprint density at radius 1 is 0.409 bits per heavy atom. The van der Waals surface area contributed by atoms with Gasteiger partial charge in [-0.25, -0.2) is 0 Å². The summed E-state index contributed by atoms with van der Waals surface area (Å²) in [6, 6.07) is 85.7. The molecular weight excluding hydrogens is 882 g/mol. The standard InChI is InChI=1S/2C30H29ClNP/c1-25(23-32)20-21-26-12-11-13-27(22-26)24-33(31,28-14-5-2-6-15-28,29-16-7-3-8-17-29)30-18-9-4-10-19-30;1-2-25(23-32)22-26-18-20-27(21-19-26)24-33(31,28-12-6-3-7-13-28,29-14-8-4-9-15-29)30-16-10-5-11-17-30/h2-19,22,25H,20-21,24H2,1H3;3-21,25H,2,22,24H2,1H3. The number of nitrogens with zero attached hydrogens (tertiary/aromatic N) is 2. The van der Waals surface area contributed by atoms with E-state index in [1.807, 2.05) is 25.1 Å². The summed E-state index contributed by atoms with van der Waals surface area (Å²) in [7, 11) is 0. The van der Waals surface area contributed by atoms with E-state index in [1.165, 1.54) is 54.1 Å². The number of halogens is 2. The summed E-state index contributed by atoms with van der Waals surface area (Å²) in [4.78, 5) is 0. The van der Waals surface area contributed by atoms with Crippen molar-refractivity contribution in [1.82, 2.24) is 0 Å². The first kappa shape index (κ1) is 48.1. The first-order valence-electron chi connectivity index (χ1n) is 22.9. The summed E-state index contributed by atoms with van der Waals surface area (Å²) in [5.41, 5.74) is 4.88. The normalized spacial score (nSPS) is 13.4. The fourth-order valence-electron chi connectivity index (χ4n) is 9.24. The van der Waals surface area contributed by atoms with Crippen LogP contribution in [0.1, 0.15) is 48.9 Å². The average molecular weight is 940 g/mol. The van der Waals surface area contributed by atoms with E-state index in [2.05, 4.69) is 231 Å². The van der Waals surface area contributed by atoms with Crippen LogP contribution in [0.3, 0.4) is 0 Å². The van der Waals surface area contributed by atoms with Crippen LogP contribution in [-0.2, 0) is 25.2 Å². The van der Waals surface area contributed by atoms with Gasteiger partial charge >= 0.3 is 405 Å². The molecule has 0 saturated heterocycles. The zero-order valence-corrected chi connectivity index (χ0v) is 41.2. The van der Waals surface area contributed by atoms with E-state index in [1.54, 1.807) is 0 Å². The molecule has 8 aromatic carbocycles. The van der Waals surface area contributed by atoms with Crippen molar-refractivity contribution in [1.29, 1.82) is 10.5 Å². The molecule has 0 radical (unpaired) electrons. The summed E-state index contributed by atoms with van der Waals surface area (Å²) in [6.07, 6.45) is 4.86. The average Bonchev–Trinajstić information content (AvgIpc) is 3.39. The summed E-state index contributed by atoms with van der Waals surface area (Å²) in [6.45, 7) is 4.05. The Balaban J connectivity index is 0.000000196. The predicted octanol–water partition coefficient (Wildman–Crippen LogP) is 13.9. The molecule has 0 N–H and O–H groups in total. The molecule has 2 nitrogen and oxygen atoms in total. The van der Waals surface area contributed by atoms with Gasteiger partial charge in [0.15, 0.2) is 0 Å². The van der Waals surface area contributed by atoms with Gasteiger partial charge in [-0.15, -0.1) is 0 Å². The van der Waals surface area contributed by atoms with Crippen molar-refractivity contribution in [3.05, 3.63) is 253 Å². The molecule has 0 fully saturated rings. The number of nitriles is 2. The number of hydrogen-bond donors (Lipinski definition) is 0. The van der Waals surface area contributed by atoms with Gasteiger partial charge in [-0.3, -0.25) is 0 Å². The zero-order valence-electron chi connectivity index (χ0n) is 37.9. The zero-order chi connectivity index (χ0) is 46.3. The Labute approximate surface area is 403 Å². The summed E-state index contributed by atoms with van der Waals surface area (Å²) in [5.74, 6) is -6.55. The minimum atomic E-state index is -3.34. The monoisotopic (exact) mass is 938 g/mol. The van der Waals surface area contributed by atoms with Crippen molar-refractivity contribution in [3.63, 3.8) is 0 Å². The second-order valence-corrected chi connectivity index (χ2v) is 30.3. The molecule has 8 aromatic rings. The quantitative estimate of drug-likeness (QED) is 0.0906. The third-order valence-electron chi connectivity index (χ3n) is 13.0. The van der Waals surface area contributed by atoms with Crippen LogP contribution < -0.4 is 31.8 Å². The van der Waals surface area contributed by atoms with Gasteiger partial charge in [0.2, 0.25) is 0 Å². The Hall–Kier alpha value is -5.82. The number of rotatable bonds is 16. The van der Waals surface area contributed by atoms with Crippen LogP contribution in [0.4, 0.5) is 0 Å². The van der Waals surface area contributed by atoms with Crippen LogP contribution in [-0.4, -0.2) is 0 Å². The van der Waals surface area contributed by atoms with E-state index in [-0.39, 0.29) is 11.8 Å². The Morgan fingerprint density at radius 3 is 1.08 bits per heavy atom. The third-order valence-corrected chi connectivity index (χ3v) is 27.4. The van der Waals surface area contributed by atoms with Gasteiger partial charge in [0, 0.05) is 0 Å². The van der Waals surface area contributed by atoms with Crippen LogP contribution in [0.25, 0.3) is 0 Å². The molecule has 2 atom stereocenters. The molecule has 0 amide bonds. The molecule has 0 saturated carbocycles. The molecule has 2 unspecified atom stereocenters. The molecule has 0 heterocycles. The van der Waals surface area contributed by atoms with Gasteiger partial charge in [0.1, 0.15) is 0 Å². The fourth-order valence-corrected chi connectivity index (χ4v) is 21.5. The van der Waals surface area contributed by atoms with E-state index in [0.29, 0.717) is 0 Å². The molecule has 0 aromatic heterocycles. The number of aryl methyl sites for hydroxylation is 1. The van der Waals surface area contributed by atoms with E-state index in [4.69, 9.17) is 22.5 Å². The van der Waals surface area contributed by atoms with Crippen molar-refractivity contribution in [2.45, 2.75) is 51.9 Å². The van der Waals surface area contributed by atoms with Crippen molar-refractivity contribution >= 4 is 66.2 Å². The van der Waals surface area contributed by atoms with Gasteiger partial charge < -0.3 is 0 Å². The molecule has 0 aliphatic carbocycles. The Morgan fingerprint density at radius 2 is 0.742 bits per heavy atom. The summed E-state index contributed by atoms with van der Waals surface area (Å²) < 4.78 is 0. The number of benzene rings is 8. The van der Waals surface area contributed by atoms with Crippen molar-refractivity contribution in [3.8, 4) is 12.1 Å². The Kier molecular flexibility index (Phi) is 15.8. The minimum absolute atomic E-state index is 0.0545. The van der Waals surface area contributed by atoms with Gasteiger partial charge in [-0.1, -0.05) is 0 Å². The van der Waals surface area contributed by atoms with Crippen molar-refractivity contribution in [2.24, 2.45) is 11.8 Å². The maximum atomic E-state index is 9.34. The van der Waals surface area contributed by atoms with Crippen LogP contribution in [0, 0.1) is 34.5 Å². The van der Waals surface area contributed by atoms with E-state index >= 15 is 0 Å². The second-order valence-electron chi connectivity index (χ2n) is 17.3. The fraction of sp³-hybridized carbons (Fsp3) is 0.167. The molecular formula is C60H58Cl2N2P2. The molecule has 332 valence electrons. The maximum absolute atomic E-state index is 9.34. The number of hydrogen-bond acceptors (Lipinski definition) is 2.